The Labute approximate surface area is 124 Å². The van der Waals surface area contributed by atoms with Crippen LogP contribution in [0, 0.1) is 0 Å². The molecule has 110 valence electrons. The SMILES string of the molecule is CC(=O)N1CCC(Nc2cccc(-c3cnco3)c2)CC1. The summed E-state index contributed by atoms with van der Waals surface area (Å²) in [6, 6.07) is 8.54. The molecule has 1 aliphatic heterocycles. The Morgan fingerprint density at radius 1 is 1.38 bits per heavy atom. The van der Waals surface area contributed by atoms with Crippen molar-refractivity contribution in [1.82, 2.24) is 9.88 Å². The van der Waals surface area contributed by atoms with Gasteiger partial charge in [0.1, 0.15) is 0 Å². The smallest absolute Gasteiger partial charge is 0.219 e. The summed E-state index contributed by atoms with van der Waals surface area (Å²) >= 11 is 0. The van der Waals surface area contributed by atoms with Crippen LogP contribution in [0.25, 0.3) is 11.3 Å². The zero-order valence-corrected chi connectivity index (χ0v) is 12.1. The third kappa shape index (κ3) is 3.24. The van der Waals surface area contributed by atoms with Gasteiger partial charge in [-0.1, -0.05) is 12.1 Å². The van der Waals surface area contributed by atoms with Crippen LogP contribution < -0.4 is 5.32 Å². The second-order valence-electron chi connectivity index (χ2n) is 5.37. The molecule has 2 aromatic rings. The van der Waals surface area contributed by atoms with Gasteiger partial charge < -0.3 is 14.6 Å². The molecule has 1 amide bonds. The zero-order valence-electron chi connectivity index (χ0n) is 12.1. The molecule has 0 radical (unpaired) electrons. The molecule has 1 fully saturated rings. The van der Waals surface area contributed by atoms with E-state index in [1.807, 2.05) is 17.0 Å². The molecule has 2 heterocycles. The van der Waals surface area contributed by atoms with E-state index < -0.39 is 0 Å². The summed E-state index contributed by atoms with van der Waals surface area (Å²) in [5, 5.41) is 3.54. The van der Waals surface area contributed by atoms with Crippen molar-refractivity contribution in [3.63, 3.8) is 0 Å². The van der Waals surface area contributed by atoms with Crippen LogP contribution in [0.5, 0.6) is 0 Å². The second kappa shape index (κ2) is 5.99. The number of carbonyl (C=O) groups is 1. The third-order valence-electron chi connectivity index (χ3n) is 3.89. The zero-order chi connectivity index (χ0) is 14.7. The molecule has 3 rings (SSSR count). The van der Waals surface area contributed by atoms with E-state index >= 15 is 0 Å². The van der Waals surface area contributed by atoms with Gasteiger partial charge in [-0.15, -0.1) is 0 Å². The van der Waals surface area contributed by atoms with Crippen molar-refractivity contribution in [1.29, 1.82) is 0 Å². The van der Waals surface area contributed by atoms with Gasteiger partial charge in [-0.05, 0) is 25.0 Å². The molecule has 5 heteroatoms. The molecule has 0 bridgehead atoms. The maximum Gasteiger partial charge on any atom is 0.219 e. The molecule has 1 aliphatic rings. The quantitative estimate of drug-likeness (QED) is 0.942. The largest absolute Gasteiger partial charge is 0.444 e. The number of anilines is 1. The lowest BCUT2D eigenvalue weighted by molar-refractivity contribution is -0.129. The Balaban J connectivity index is 1.64. The fraction of sp³-hybridized carbons (Fsp3) is 0.375. The van der Waals surface area contributed by atoms with Crippen molar-refractivity contribution in [3.8, 4) is 11.3 Å². The van der Waals surface area contributed by atoms with Gasteiger partial charge in [-0.3, -0.25) is 4.79 Å². The van der Waals surface area contributed by atoms with Crippen LogP contribution >= 0.6 is 0 Å². The Bertz CT molecular complexity index is 602. The fourth-order valence-corrected chi connectivity index (χ4v) is 2.70. The lowest BCUT2D eigenvalue weighted by Crippen LogP contribution is -2.41. The number of piperidine rings is 1. The average molecular weight is 285 g/mol. The topological polar surface area (TPSA) is 58.4 Å². The monoisotopic (exact) mass is 285 g/mol. The molecular formula is C16H19N3O2. The maximum absolute atomic E-state index is 11.3. The summed E-state index contributed by atoms with van der Waals surface area (Å²) in [6.07, 6.45) is 5.11. The molecule has 5 nitrogen and oxygen atoms in total. The summed E-state index contributed by atoms with van der Waals surface area (Å²) in [7, 11) is 0. The van der Waals surface area contributed by atoms with E-state index in [0.29, 0.717) is 6.04 Å². The molecule has 1 saturated heterocycles. The van der Waals surface area contributed by atoms with E-state index in [1.165, 1.54) is 6.39 Å². The van der Waals surface area contributed by atoms with Gasteiger partial charge in [0.15, 0.2) is 12.2 Å². The second-order valence-corrected chi connectivity index (χ2v) is 5.37. The number of benzene rings is 1. The normalized spacial score (nSPS) is 16.0. The lowest BCUT2D eigenvalue weighted by Gasteiger charge is -2.32. The first-order valence-electron chi connectivity index (χ1n) is 7.23. The first-order valence-corrected chi connectivity index (χ1v) is 7.23. The Kier molecular flexibility index (Phi) is 3.90. The Hall–Kier alpha value is -2.30. The fourth-order valence-electron chi connectivity index (χ4n) is 2.70. The van der Waals surface area contributed by atoms with Crippen LogP contribution in [0.4, 0.5) is 5.69 Å². The predicted octanol–water partition coefficient (Wildman–Crippen LogP) is 2.76. The van der Waals surface area contributed by atoms with Crippen LogP contribution in [-0.2, 0) is 4.79 Å². The van der Waals surface area contributed by atoms with Crippen LogP contribution in [0.2, 0.25) is 0 Å². The van der Waals surface area contributed by atoms with E-state index in [4.69, 9.17) is 4.42 Å². The number of nitrogens with one attached hydrogen (secondary N) is 1. The summed E-state index contributed by atoms with van der Waals surface area (Å²) in [6.45, 7) is 3.29. The number of nitrogens with zero attached hydrogens (tertiary/aromatic N) is 2. The minimum absolute atomic E-state index is 0.167. The van der Waals surface area contributed by atoms with Crippen LogP contribution in [0.3, 0.4) is 0 Å². The predicted molar refractivity (Wildman–Crippen MR) is 80.8 cm³/mol. The van der Waals surface area contributed by atoms with Crippen LogP contribution in [0.1, 0.15) is 19.8 Å². The Morgan fingerprint density at radius 3 is 2.86 bits per heavy atom. The molecular weight excluding hydrogens is 266 g/mol. The minimum atomic E-state index is 0.167. The molecule has 1 N–H and O–H groups in total. The number of hydrogen-bond acceptors (Lipinski definition) is 4. The summed E-state index contributed by atoms with van der Waals surface area (Å²) in [5.74, 6) is 0.936. The van der Waals surface area contributed by atoms with Gasteiger partial charge in [0.05, 0.1) is 6.20 Å². The number of oxazole rings is 1. The first-order chi connectivity index (χ1) is 10.2. The van der Waals surface area contributed by atoms with Gasteiger partial charge in [0.2, 0.25) is 5.91 Å². The third-order valence-corrected chi connectivity index (χ3v) is 3.89. The number of amides is 1. The van der Waals surface area contributed by atoms with Gasteiger partial charge in [-0.2, -0.15) is 0 Å². The molecule has 1 aromatic carbocycles. The van der Waals surface area contributed by atoms with E-state index in [-0.39, 0.29) is 5.91 Å². The standard InChI is InChI=1S/C16H19N3O2/c1-12(20)19-7-5-14(6-8-19)18-15-4-2-3-13(9-15)16-10-17-11-21-16/h2-4,9-11,14,18H,5-8H2,1H3. The lowest BCUT2D eigenvalue weighted by atomic mass is 10.0. The Morgan fingerprint density at radius 2 is 2.19 bits per heavy atom. The van der Waals surface area contributed by atoms with Crippen molar-refractivity contribution in [2.24, 2.45) is 0 Å². The molecule has 21 heavy (non-hydrogen) atoms. The van der Waals surface area contributed by atoms with Crippen molar-refractivity contribution in [2.45, 2.75) is 25.8 Å². The minimum Gasteiger partial charge on any atom is -0.444 e. The molecule has 0 saturated carbocycles. The number of likely N-dealkylation sites (tertiary alicyclic amines) is 1. The number of hydrogen-bond donors (Lipinski definition) is 1. The number of carbonyl (C=O) groups excluding carboxylic acids is 1. The highest BCUT2D eigenvalue weighted by atomic mass is 16.3. The average Bonchev–Trinajstić information content (AvgIpc) is 3.02. The van der Waals surface area contributed by atoms with E-state index in [2.05, 4.69) is 22.4 Å². The summed E-state index contributed by atoms with van der Waals surface area (Å²) in [4.78, 5) is 17.2. The molecule has 0 atom stereocenters. The molecule has 0 spiro atoms. The molecule has 0 unspecified atom stereocenters. The van der Waals surface area contributed by atoms with E-state index in [0.717, 1.165) is 42.9 Å². The van der Waals surface area contributed by atoms with Gasteiger partial charge in [0, 0.05) is 37.3 Å². The van der Waals surface area contributed by atoms with Gasteiger partial charge in [-0.25, -0.2) is 4.98 Å². The number of aromatic nitrogens is 1. The maximum atomic E-state index is 11.3. The van der Waals surface area contributed by atoms with Crippen LogP contribution in [-0.4, -0.2) is 34.9 Å². The highest BCUT2D eigenvalue weighted by Crippen LogP contribution is 2.24. The van der Waals surface area contributed by atoms with E-state index in [9.17, 15) is 4.79 Å². The van der Waals surface area contributed by atoms with Crippen molar-refractivity contribution in [2.75, 3.05) is 18.4 Å². The summed E-state index contributed by atoms with van der Waals surface area (Å²) < 4.78 is 5.32. The molecule has 1 aromatic heterocycles. The van der Waals surface area contributed by atoms with E-state index in [1.54, 1.807) is 13.1 Å². The highest BCUT2D eigenvalue weighted by molar-refractivity contribution is 5.73. The first kappa shape index (κ1) is 13.7. The molecule has 0 aliphatic carbocycles. The van der Waals surface area contributed by atoms with Gasteiger partial charge >= 0.3 is 0 Å². The number of rotatable bonds is 3. The van der Waals surface area contributed by atoms with Crippen molar-refractivity contribution >= 4 is 11.6 Å². The van der Waals surface area contributed by atoms with Gasteiger partial charge in [0.25, 0.3) is 0 Å². The van der Waals surface area contributed by atoms with Crippen molar-refractivity contribution < 1.29 is 9.21 Å². The summed E-state index contributed by atoms with van der Waals surface area (Å²) in [5.41, 5.74) is 2.09. The highest BCUT2D eigenvalue weighted by Gasteiger charge is 2.20. The van der Waals surface area contributed by atoms with Crippen LogP contribution in [0.15, 0.2) is 41.3 Å². The van der Waals surface area contributed by atoms with Crippen molar-refractivity contribution in [3.05, 3.63) is 36.9 Å².